The van der Waals surface area contributed by atoms with Crippen molar-refractivity contribution in [3.8, 4) is 0 Å². The average molecular weight is 412 g/mol. The van der Waals surface area contributed by atoms with Crippen molar-refractivity contribution in [3.63, 3.8) is 0 Å². The van der Waals surface area contributed by atoms with E-state index in [9.17, 15) is 9.59 Å². The molecule has 3 rings (SSSR count). The summed E-state index contributed by atoms with van der Waals surface area (Å²) in [7, 11) is 3.63. The second-order valence-corrected chi connectivity index (χ2v) is 8.62. The van der Waals surface area contributed by atoms with E-state index in [1.165, 1.54) is 4.90 Å². The predicted octanol–water partition coefficient (Wildman–Crippen LogP) is 2.02. The molecule has 1 unspecified atom stereocenters. The van der Waals surface area contributed by atoms with Gasteiger partial charge in [-0.15, -0.1) is 11.3 Å². The number of anilines is 1. The maximum absolute atomic E-state index is 12.5. The maximum Gasteiger partial charge on any atom is 0.277 e. The first-order valence-corrected chi connectivity index (χ1v) is 10.4. The molecule has 29 heavy (non-hydrogen) atoms. The van der Waals surface area contributed by atoms with Crippen LogP contribution in [-0.2, 0) is 16.1 Å². The SMILES string of the molecule is Cc1ccc(C)c(NC(=O)CN(C)C(=O)C[NH+](C)Cc2nc3ccccc3s2)c1. The van der Waals surface area contributed by atoms with E-state index in [2.05, 4.69) is 16.4 Å². The van der Waals surface area contributed by atoms with Crippen molar-refractivity contribution >= 4 is 39.1 Å². The van der Waals surface area contributed by atoms with E-state index in [0.29, 0.717) is 13.1 Å². The molecule has 3 aromatic rings. The number of rotatable bonds is 7. The Bertz CT molecular complexity index is 998. The summed E-state index contributed by atoms with van der Waals surface area (Å²) < 4.78 is 1.15. The van der Waals surface area contributed by atoms with Gasteiger partial charge in [0.05, 0.1) is 23.8 Å². The number of hydrogen-bond donors (Lipinski definition) is 2. The van der Waals surface area contributed by atoms with Gasteiger partial charge in [0.1, 0.15) is 11.6 Å². The zero-order valence-electron chi connectivity index (χ0n) is 17.3. The number of fused-ring (bicyclic) bond motifs is 1. The van der Waals surface area contributed by atoms with Crippen LogP contribution in [0.1, 0.15) is 16.1 Å². The van der Waals surface area contributed by atoms with Crippen molar-refractivity contribution < 1.29 is 14.5 Å². The number of amides is 2. The monoisotopic (exact) mass is 411 g/mol. The zero-order chi connectivity index (χ0) is 21.0. The second kappa shape index (κ2) is 9.15. The minimum atomic E-state index is -0.196. The molecule has 0 spiro atoms. The molecule has 0 bridgehead atoms. The van der Waals surface area contributed by atoms with Crippen molar-refractivity contribution in [3.05, 3.63) is 58.6 Å². The fourth-order valence-electron chi connectivity index (χ4n) is 3.07. The molecule has 7 heteroatoms. The van der Waals surface area contributed by atoms with E-state index >= 15 is 0 Å². The Hall–Kier alpha value is -2.77. The molecular weight excluding hydrogens is 384 g/mol. The van der Waals surface area contributed by atoms with Crippen molar-refractivity contribution in [2.24, 2.45) is 0 Å². The Labute approximate surface area is 175 Å². The fraction of sp³-hybridized carbons (Fsp3) is 0.318. The summed E-state index contributed by atoms with van der Waals surface area (Å²) in [5, 5.41) is 3.90. The maximum atomic E-state index is 12.5. The van der Waals surface area contributed by atoms with Gasteiger partial charge < -0.3 is 15.1 Å². The lowest BCUT2D eigenvalue weighted by molar-refractivity contribution is -0.885. The molecule has 0 aliphatic heterocycles. The minimum absolute atomic E-state index is 0.0284. The molecular formula is C22H27N4O2S+. The molecule has 1 atom stereocenters. The van der Waals surface area contributed by atoms with Crippen LogP contribution in [0, 0.1) is 13.8 Å². The Balaban J connectivity index is 1.51. The first-order chi connectivity index (χ1) is 13.8. The molecule has 1 aromatic heterocycles. The van der Waals surface area contributed by atoms with Gasteiger partial charge in [0.2, 0.25) is 5.91 Å². The van der Waals surface area contributed by atoms with Crippen LogP contribution in [0.25, 0.3) is 10.2 Å². The second-order valence-electron chi connectivity index (χ2n) is 7.50. The third kappa shape index (κ3) is 5.62. The van der Waals surface area contributed by atoms with Crippen LogP contribution in [0.4, 0.5) is 5.69 Å². The third-order valence-corrected chi connectivity index (χ3v) is 5.75. The molecule has 1 heterocycles. The number of benzene rings is 2. The lowest BCUT2D eigenvalue weighted by atomic mass is 10.1. The highest BCUT2D eigenvalue weighted by atomic mass is 32.1. The van der Waals surface area contributed by atoms with Gasteiger partial charge in [-0.3, -0.25) is 9.59 Å². The van der Waals surface area contributed by atoms with Crippen molar-refractivity contribution in [1.29, 1.82) is 0 Å². The van der Waals surface area contributed by atoms with Crippen molar-refractivity contribution in [2.75, 3.05) is 32.5 Å². The summed E-state index contributed by atoms with van der Waals surface area (Å²) in [6, 6.07) is 13.9. The Morgan fingerprint density at radius 1 is 1.17 bits per heavy atom. The number of quaternary nitrogens is 1. The molecule has 6 nitrogen and oxygen atoms in total. The van der Waals surface area contributed by atoms with E-state index in [4.69, 9.17) is 0 Å². The third-order valence-electron chi connectivity index (χ3n) is 4.72. The molecule has 2 amide bonds. The van der Waals surface area contributed by atoms with Gasteiger partial charge in [-0.1, -0.05) is 24.3 Å². The van der Waals surface area contributed by atoms with Crippen LogP contribution in [0.3, 0.4) is 0 Å². The summed E-state index contributed by atoms with van der Waals surface area (Å²) in [4.78, 5) is 32.0. The smallest absolute Gasteiger partial charge is 0.277 e. The quantitative estimate of drug-likeness (QED) is 0.625. The Morgan fingerprint density at radius 2 is 1.93 bits per heavy atom. The van der Waals surface area contributed by atoms with E-state index in [0.717, 1.165) is 36.9 Å². The molecule has 0 aliphatic rings. The van der Waals surface area contributed by atoms with Crippen LogP contribution < -0.4 is 10.2 Å². The highest BCUT2D eigenvalue weighted by Crippen LogP contribution is 2.20. The van der Waals surface area contributed by atoms with Gasteiger partial charge >= 0.3 is 0 Å². The minimum Gasteiger partial charge on any atom is -0.332 e. The number of nitrogens with one attached hydrogen (secondary N) is 2. The van der Waals surface area contributed by atoms with E-state index in [1.807, 2.05) is 57.3 Å². The molecule has 0 saturated heterocycles. The van der Waals surface area contributed by atoms with Crippen LogP contribution in [0.5, 0.6) is 0 Å². The summed E-state index contributed by atoms with van der Waals surface area (Å²) in [5.41, 5.74) is 3.86. The molecule has 0 saturated carbocycles. The van der Waals surface area contributed by atoms with Crippen LogP contribution >= 0.6 is 11.3 Å². The molecule has 0 aliphatic carbocycles. The molecule has 2 N–H and O–H groups in total. The van der Waals surface area contributed by atoms with Crippen molar-refractivity contribution in [2.45, 2.75) is 20.4 Å². The number of para-hydroxylation sites is 1. The fourth-order valence-corrected chi connectivity index (χ4v) is 4.15. The number of carbonyl (C=O) groups is 2. The summed E-state index contributed by atoms with van der Waals surface area (Å²) in [6.07, 6.45) is 0. The number of aromatic nitrogens is 1. The van der Waals surface area contributed by atoms with E-state index in [1.54, 1.807) is 18.4 Å². The number of carbonyl (C=O) groups excluding carboxylic acids is 2. The van der Waals surface area contributed by atoms with Gasteiger partial charge in [0.15, 0.2) is 6.54 Å². The largest absolute Gasteiger partial charge is 0.332 e. The van der Waals surface area contributed by atoms with Gasteiger partial charge in [-0.25, -0.2) is 4.98 Å². The standard InChI is InChI=1S/C22H26N4O2S/c1-15-9-10-16(2)18(11-15)23-20(27)12-26(4)22(28)14-25(3)13-21-24-17-7-5-6-8-19(17)29-21/h5-11H,12-14H2,1-4H3,(H,23,27)/p+1. The number of thiazole rings is 1. The number of nitrogens with zero attached hydrogens (tertiary/aromatic N) is 2. The lowest BCUT2D eigenvalue weighted by Gasteiger charge is -2.19. The number of aryl methyl sites for hydroxylation is 2. The lowest BCUT2D eigenvalue weighted by Crippen LogP contribution is -3.08. The van der Waals surface area contributed by atoms with Crippen LogP contribution in [0.15, 0.2) is 42.5 Å². The van der Waals surface area contributed by atoms with Gasteiger partial charge in [-0.2, -0.15) is 0 Å². The Kier molecular flexibility index (Phi) is 6.61. The topological polar surface area (TPSA) is 66.7 Å². The highest BCUT2D eigenvalue weighted by molar-refractivity contribution is 7.18. The Morgan fingerprint density at radius 3 is 2.69 bits per heavy atom. The van der Waals surface area contributed by atoms with Crippen LogP contribution in [-0.4, -0.2) is 48.9 Å². The molecule has 2 aromatic carbocycles. The molecule has 0 fully saturated rings. The first kappa shape index (κ1) is 21.0. The van der Waals surface area contributed by atoms with Crippen LogP contribution in [0.2, 0.25) is 0 Å². The summed E-state index contributed by atoms with van der Waals surface area (Å²) in [5.74, 6) is -0.266. The van der Waals surface area contributed by atoms with Gasteiger partial charge in [-0.05, 0) is 43.2 Å². The number of hydrogen-bond acceptors (Lipinski definition) is 4. The van der Waals surface area contributed by atoms with Crippen molar-refractivity contribution in [1.82, 2.24) is 9.88 Å². The summed E-state index contributed by atoms with van der Waals surface area (Å²) in [6.45, 7) is 4.94. The van der Waals surface area contributed by atoms with E-state index < -0.39 is 0 Å². The van der Waals surface area contributed by atoms with E-state index in [-0.39, 0.29) is 18.4 Å². The number of likely N-dealkylation sites (N-methyl/N-ethyl adjacent to an activating group) is 2. The average Bonchev–Trinajstić information content (AvgIpc) is 3.06. The molecule has 0 radical (unpaired) electrons. The first-order valence-electron chi connectivity index (χ1n) is 9.58. The molecule has 152 valence electrons. The zero-order valence-corrected chi connectivity index (χ0v) is 18.1. The predicted molar refractivity (Wildman–Crippen MR) is 117 cm³/mol. The van der Waals surface area contributed by atoms with Gasteiger partial charge in [0, 0.05) is 12.7 Å². The highest BCUT2D eigenvalue weighted by Gasteiger charge is 2.19. The summed E-state index contributed by atoms with van der Waals surface area (Å²) >= 11 is 1.65. The normalized spacial score (nSPS) is 12.0. The van der Waals surface area contributed by atoms with Gasteiger partial charge in [0.25, 0.3) is 5.91 Å².